The monoisotopic (exact) mass is 370 g/mol. The van der Waals surface area contributed by atoms with Crippen LogP contribution >= 0.6 is 11.6 Å². The zero-order valence-electron chi connectivity index (χ0n) is 14.8. The van der Waals surface area contributed by atoms with Crippen LogP contribution in [0.5, 0.6) is 0 Å². The molecule has 2 aromatic rings. The Morgan fingerprint density at radius 1 is 1.08 bits per heavy atom. The summed E-state index contributed by atoms with van der Waals surface area (Å²) in [5.41, 5.74) is 4.35. The molecule has 5 heteroatoms. The third-order valence-electron chi connectivity index (χ3n) is 4.75. The number of aryl methyl sites for hydroxylation is 2. The minimum absolute atomic E-state index is 0.0688. The predicted octanol–water partition coefficient (Wildman–Crippen LogP) is 3.83. The molecule has 1 atom stereocenters. The highest BCUT2D eigenvalue weighted by Crippen LogP contribution is 2.24. The quantitative estimate of drug-likeness (QED) is 0.840. The number of hydrogen-bond donors (Lipinski definition) is 2. The van der Waals surface area contributed by atoms with Crippen LogP contribution in [0.4, 0.5) is 0 Å². The minimum Gasteiger partial charge on any atom is -0.348 e. The van der Waals surface area contributed by atoms with Gasteiger partial charge in [-0.15, -0.1) is 0 Å². The fraction of sp³-hybridized carbons (Fsp3) is 0.333. The Hall–Kier alpha value is -2.33. The van der Waals surface area contributed by atoms with Gasteiger partial charge in [0.15, 0.2) is 0 Å². The van der Waals surface area contributed by atoms with Crippen molar-refractivity contribution in [2.45, 2.75) is 38.6 Å². The first kappa shape index (κ1) is 18.5. The first-order valence-corrected chi connectivity index (χ1v) is 9.35. The topological polar surface area (TPSA) is 58.2 Å². The standard InChI is InChI=1S/C21H23ClN2O2/c1-14(16-10-9-15-5-2-3-6-17(15)11-16)24-20(25)13-23-21(26)18-7-4-8-19(22)12-18/h4,7-12,14H,2-3,5-6,13H2,1H3,(H,23,26)(H,24,25). The molecule has 2 N–H and O–H groups in total. The predicted molar refractivity (Wildman–Crippen MR) is 103 cm³/mol. The Bertz CT molecular complexity index is 819. The van der Waals surface area contributed by atoms with E-state index in [0.29, 0.717) is 10.6 Å². The molecule has 3 rings (SSSR count). The van der Waals surface area contributed by atoms with E-state index < -0.39 is 0 Å². The number of amides is 2. The van der Waals surface area contributed by atoms with Crippen molar-refractivity contribution < 1.29 is 9.59 Å². The van der Waals surface area contributed by atoms with Crippen molar-refractivity contribution in [1.29, 1.82) is 0 Å². The highest BCUT2D eigenvalue weighted by molar-refractivity contribution is 6.30. The molecule has 1 unspecified atom stereocenters. The van der Waals surface area contributed by atoms with Gasteiger partial charge in [-0.1, -0.05) is 35.9 Å². The average molecular weight is 371 g/mol. The average Bonchev–Trinajstić information content (AvgIpc) is 2.65. The molecule has 4 nitrogen and oxygen atoms in total. The maximum absolute atomic E-state index is 12.2. The molecule has 2 amide bonds. The molecule has 0 saturated heterocycles. The molecule has 1 aliphatic carbocycles. The van der Waals surface area contributed by atoms with Crippen molar-refractivity contribution in [2.75, 3.05) is 6.54 Å². The second kappa shape index (κ2) is 8.37. The third kappa shape index (κ3) is 4.64. The summed E-state index contributed by atoms with van der Waals surface area (Å²) < 4.78 is 0. The SMILES string of the molecule is CC(NC(=O)CNC(=O)c1cccc(Cl)c1)c1ccc2c(c1)CCCC2. The number of fused-ring (bicyclic) bond motifs is 1. The Kier molecular flexibility index (Phi) is 5.94. The van der Waals surface area contributed by atoms with Crippen molar-refractivity contribution in [2.24, 2.45) is 0 Å². The van der Waals surface area contributed by atoms with Crippen LogP contribution in [-0.4, -0.2) is 18.4 Å². The molecular weight excluding hydrogens is 348 g/mol. The van der Waals surface area contributed by atoms with E-state index in [1.54, 1.807) is 24.3 Å². The van der Waals surface area contributed by atoms with E-state index >= 15 is 0 Å². The molecular formula is C21H23ClN2O2. The summed E-state index contributed by atoms with van der Waals surface area (Å²) in [7, 11) is 0. The van der Waals surface area contributed by atoms with Crippen molar-refractivity contribution in [3.63, 3.8) is 0 Å². The summed E-state index contributed by atoms with van der Waals surface area (Å²) in [5.74, 6) is -0.533. The van der Waals surface area contributed by atoms with Gasteiger partial charge in [-0.05, 0) is 67.5 Å². The summed E-state index contributed by atoms with van der Waals surface area (Å²) >= 11 is 5.88. The highest BCUT2D eigenvalue weighted by Gasteiger charge is 2.15. The maximum Gasteiger partial charge on any atom is 0.251 e. The Labute approximate surface area is 158 Å². The van der Waals surface area contributed by atoms with Gasteiger partial charge >= 0.3 is 0 Å². The van der Waals surface area contributed by atoms with Gasteiger partial charge < -0.3 is 10.6 Å². The molecule has 136 valence electrons. The van der Waals surface area contributed by atoms with Crippen LogP contribution < -0.4 is 10.6 Å². The molecule has 0 fully saturated rings. The maximum atomic E-state index is 12.2. The van der Waals surface area contributed by atoms with E-state index in [0.717, 1.165) is 18.4 Å². The summed E-state index contributed by atoms with van der Waals surface area (Å²) in [6.07, 6.45) is 4.74. The van der Waals surface area contributed by atoms with E-state index in [1.165, 1.54) is 24.0 Å². The molecule has 0 aliphatic heterocycles. The second-order valence-electron chi connectivity index (χ2n) is 6.72. The van der Waals surface area contributed by atoms with E-state index in [1.807, 2.05) is 6.92 Å². The number of halogens is 1. The molecule has 0 aromatic heterocycles. The first-order valence-electron chi connectivity index (χ1n) is 8.98. The lowest BCUT2D eigenvalue weighted by atomic mass is 9.89. The number of nitrogens with one attached hydrogen (secondary N) is 2. The van der Waals surface area contributed by atoms with Crippen LogP contribution in [0.25, 0.3) is 0 Å². The molecule has 0 radical (unpaired) electrons. The molecule has 1 aliphatic rings. The van der Waals surface area contributed by atoms with Crippen LogP contribution in [0, 0.1) is 0 Å². The van der Waals surface area contributed by atoms with Gasteiger partial charge in [0.1, 0.15) is 0 Å². The fourth-order valence-corrected chi connectivity index (χ4v) is 3.48. The van der Waals surface area contributed by atoms with Crippen molar-refractivity contribution >= 4 is 23.4 Å². The highest BCUT2D eigenvalue weighted by atomic mass is 35.5. The molecule has 0 bridgehead atoms. The van der Waals surface area contributed by atoms with Crippen LogP contribution in [-0.2, 0) is 17.6 Å². The van der Waals surface area contributed by atoms with Gasteiger partial charge in [0.05, 0.1) is 12.6 Å². The van der Waals surface area contributed by atoms with Gasteiger partial charge in [0.25, 0.3) is 5.91 Å². The fourth-order valence-electron chi connectivity index (χ4n) is 3.29. The lowest BCUT2D eigenvalue weighted by Gasteiger charge is -2.20. The molecule has 2 aromatic carbocycles. The summed E-state index contributed by atoms with van der Waals surface area (Å²) in [4.78, 5) is 24.2. The third-order valence-corrected chi connectivity index (χ3v) is 4.98. The number of hydrogen-bond acceptors (Lipinski definition) is 2. The summed E-state index contributed by atoms with van der Waals surface area (Å²) in [5, 5.41) is 6.05. The number of benzene rings is 2. The summed E-state index contributed by atoms with van der Waals surface area (Å²) in [6.45, 7) is 1.89. The van der Waals surface area contributed by atoms with E-state index in [4.69, 9.17) is 11.6 Å². The zero-order valence-corrected chi connectivity index (χ0v) is 15.6. The van der Waals surface area contributed by atoms with Gasteiger partial charge in [-0.3, -0.25) is 9.59 Å². The number of rotatable bonds is 5. The number of carbonyl (C=O) groups is 2. The normalized spacial score (nSPS) is 14.2. The summed E-state index contributed by atoms with van der Waals surface area (Å²) in [6, 6.07) is 13.0. The van der Waals surface area contributed by atoms with Crippen molar-refractivity contribution in [1.82, 2.24) is 10.6 Å². The number of carbonyl (C=O) groups excluding carboxylic acids is 2. The van der Waals surface area contributed by atoms with Crippen LogP contribution in [0.3, 0.4) is 0 Å². The smallest absolute Gasteiger partial charge is 0.251 e. The lowest BCUT2D eigenvalue weighted by Crippen LogP contribution is -2.38. The zero-order chi connectivity index (χ0) is 18.5. The largest absolute Gasteiger partial charge is 0.348 e. The van der Waals surface area contributed by atoms with Crippen molar-refractivity contribution in [3.05, 3.63) is 69.7 Å². The van der Waals surface area contributed by atoms with E-state index in [-0.39, 0.29) is 24.4 Å². The van der Waals surface area contributed by atoms with E-state index in [9.17, 15) is 9.59 Å². The molecule has 26 heavy (non-hydrogen) atoms. The Morgan fingerprint density at radius 2 is 1.85 bits per heavy atom. The lowest BCUT2D eigenvalue weighted by molar-refractivity contribution is -0.120. The van der Waals surface area contributed by atoms with E-state index in [2.05, 4.69) is 28.8 Å². The molecule has 0 saturated carbocycles. The first-order chi connectivity index (χ1) is 12.5. The van der Waals surface area contributed by atoms with Gasteiger partial charge in [0.2, 0.25) is 5.91 Å². The Balaban J connectivity index is 1.53. The molecule has 0 spiro atoms. The second-order valence-corrected chi connectivity index (χ2v) is 7.15. The van der Waals surface area contributed by atoms with Crippen LogP contribution in [0.1, 0.15) is 52.9 Å². The van der Waals surface area contributed by atoms with Gasteiger partial charge in [-0.2, -0.15) is 0 Å². The van der Waals surface area contributed by atoms with Gasteiger partial charge in [-0.25, -0.2) is 0 Å². The Morgan fingerprint density at radius 3 is 2.62 bits per heavy atom. The van der Waals surface area contributed by atoms with Crippen LogP contribution in [0.15, 0.2) is 42.5 Å². The minimum atomic E-state index is -0.316. The van der Waals surface area contributed by atoms with Gasteiger partial charge in [0, 0.05) is 10.6 Å². The van der Waals surface area contributed by atoms with Crippen molar-refractivity contribution in [3.8, 4) is 0 Å². The molecule has 0 heterocycles. The van der Waals surface area contributed by atoms with Crippen LogP contribution in [0.2, 0.25) is 5.02 Å².